The van der Waals surface area contributed by atoms with Crippen LogP contribution in [0.4, 0.5) is 0 Å². The molecule has 0 bridgehead atoms. The Balaban J connectivity index is 0.000000246. The molecule has 331 valence electrons. The Hall–Kier alpha value is -5.20. The number of furan rings is 1. The molecule has 0 saturated heterocycles. The molecule has 0 saturated carbocycles. The summed E-state index contributed by atoms with van der Waals surface area (Å²) in [5.74, 6) is 2.10. The van der Waals surface area contributed by atoms with Crippen LogP contribution in [0.3, 0.4) is 0 Å². The minimum absolute atomic E-state index is 0. The average molecular weight is 1040 g/mol. The van der Waals surface area contributed by atoms with Crippen molar-refractivity contribution in [2.45, 2.75) is 113 Å². The summed E-state index contributed by atoms with van der Waals surface area (Å²) in [6.45, 7) is 29.5. The van der Waals surface area contributed by atoms with E-state index in [1.54, 1.807) is 0 Å². The molecule has 7 heteroatoms. The van der Waals surface area contributed by atoms with Crippen molar-refractivity contribution in [3.8, 4) is 28.3 Å². The Morgan fingerprint density at radius 3 is 2.17 bits per heavy atom. The number of pyridine rings is 2. The summed E-state index contributed by atoms with van der Waals surface area (Å²) in [6, 6.07) is 43.1. The molecule has 0 N–H and O–H groups in total. The molecule has 0 atom stereocenters. The van der Waals surface area contributed by atoms with Gasteiger partial charge in [-0.2, -0.15) is 0 Å². The molecule has 4 heterocycles. The van der Waals surface area contributed by atoms with Gasteiger partial charge in [-0.15, -0.1) is 53.6 Å². The molecule has 9 rings (SSSR count). The summed E-state index contributed by atoms with van der Waals surface area (Å²) < 4.78 is 9.04. The van der Waals surface area contributed by atoms with Gasteiger partial charge in [0, 0.05) is 48.5 Å². The minimum atomic E-state index is -1.34. The summed E-state index contributed by atoms with van der Waals surface area (Å²) in [6.07, 6.45) is 3.24. The van der Waals surface area contributed by atoms with Crippen molar-refractivity contribution < 1.29 is 24.5 Å². The first-order valence-corrected chi connectivity index (χ1v) is 26.2. The largest absolute Gasteiger partial charge is 0.486 e. The first kappa shape index (κ1) is 46.8. The van der Waals surface area contributed by atoms with Crippen LogP contribution >= 0.6 is 0 Å². The SMILES string of the molecule is CC(C)Cc1cc(-c2[c-]cccc2)ncc1[Si](C)(C)C.Cc1c[c-]c(-c2nc3ccccc3n2-c2c(C(C)C)cc3ccccc3c2C(C)C)c2oc3nc(C(C)(C)C)ccc3c12.[Ir]. The van der Waals surface area contributed by atoms with Crippen LogP contribution in [0, 0.1) is 25.0 Å². The fourth-order valence-corrected chi connectivity index (χ4v) is 10.6. The molecule has 9 aromatic rings. The number of fused-ring (bicyclic) bond motifs is 5. The van der Waals surface area contributed by atoms with Crippen molar-refractivity contribution in [1.29, 1.82) is 0 Å². The number of aromatic nitrogens is 4. The smallest absolute Gasteiger partial charge is 0.216 e. The van der Waals surface area contributed by atoms with Crippen LogP contribution in [0.1, 0.15) is 102 Å². The molecule has 0 unspecified atom stereocenters. The molecule has 0 fully saturated rings. The zero-order chi connectivity index (χ0) is 45.0. The minimum Gasteiger partial charge on any atom is -0.486 e. The third-order valence-corrected chi connectivity index (χ3v) is 14.2. The predicted octanol–water partition coefficient (Wildman–Crippen LogP) is 15.1. The van der Waals surface area contributed by atoms with E-state index >= 15 is 0 Å². The second kappa shape index (κ2) is 18.4. The number of benzene rings is 5. The van der Waals surface area contributed by atoms with Crippen molar-refractivity contribution in [2.75, 3.05) is 0 Å². The van der Waals surface area contributed by atoms with Crippen LogP contribution < -0.4 is 5.19 Å². The summed E-state index contributed by atoms with van der Waals surface area (Å²) >= 11 is 0. The Morgan fingerprint density at radius 1 is 0.781 bits per heavy atom. The molecule has 0 spiro atoms. The first-order chi connectivity index (χ1) is 29.9. The van der Waals surface area contributed by atoms with E-state index in [-0.39, 0.29) is 25.5 Å². The molecule has 64 heavy (non-hydrogen) atoms. The molecule has 4 aromatic heterocycles. The Morgan fingerprint density at radius 2 is 1.50 bits per heavy atom. The van der Waals surface area contributed by atoms with E-state index in [1.165, 1.54) is 38.3 Å². The van der Waals surface area contributed by atoms with Gasteiger partial charge in [-0.3, -0.25) is 4.98 Å². The zero-order valence-corrected chi connectivity index (χ0v) is 43.3. The van der Waals surface area contributed by atoms with Gasteiger partial charge in [-0.25, -0.2) is 4.98 Å². The second-order valence-corrected chi connectivity index (χ2v) is 25.4. The van der Waals surface area contributed by atoms with Gasteiger partial charge in [-0.1, -0.05) is 148 Å². The summed E-state index contributed by atoms with van der Waals surface area (Å²) in [7, 11) is -1.34. The Labute approximate surface area is 395 Å². The van der Waals surface area contributed by atoms with Gasteiger partial charge in [0.25, 0.3) is 0 Å². The van der Waals surface area contributed by atoms with Gasteiger partial charge in [0.2, 0.25) is 5.71 Å². The van der Waals surface area contributed by atoms with E-state index in [1.807, 2.05) is 18.2 Å². The van der Waals surface area contributed by atoms with Crippen LogP contribution in [-0.2, 0) is 31.9 Å². The van der Waals surface area contributed by atoms with Gasteiger partial charge in [0.05, 0.1) is 30.5 Å². The Kier molecular flexibility index (Phi) is 13.4. The van der Waals surface area contributed by atoms with E-state index in [0.29, 0.717) is 23.5 Å². The van der Waals surface area contributed by atoms with Crippen LogP contribution in [0.15, 0.2) is 114 Å². The normalized spacial score (nSPS) is 12.2. The third-order valence-electron chi connectivity index (χ3n) is 12.1. The van der Waals surface area contributed by atoms with Gasteiger partial charge >= 0.3 is 0 Å². The summed E-state index contributed by atoms with van der Waals surface area (Å²) in [5, 5.41) is 6.14. The molecule has 0 aliphatic rings. The third kappa shape index (κ3) is 9.05. The van der Waals surface area contributed by atoms with E-state index in [4.69, 9.17) is 14.4 Å². The maximum absolute atomic E-state index is 6.67. The van der Waals surface area contributed by atoms with Crippen molar-refractivity contribution in [2.24, 2.45) is 5.92 Å². The van der Waals surface area contributed by atoms with Crippen LogP contribution in [0.25, 0.3) is 72.2 Å². The summed E-state index contributed by atoms with van der Waals surface area (Å²) in [5.41, 5.74) is 13.8. The average Bonchev–Trinajstić information content (AvgIpc) is 3.82. The van der Waals surface area contributed by atoms with Gasteiger partial charge in [0.1, 0.15) is 0 Å². The predicted molar refractivity (Wildman–Crippen MR) is 270 cm³/mol. The van der Waals surface area contributed by atoms with E-state index < -0.39 is 8.07 Å². The standard InChI is InChI=1S/C39H38N3O.C18H24NSi.Ir/c1-22(2)29-21-25-13-9-10-14-26(25)33(23(3)4)35(29)42-31-16-12-11-15-30(31)40-37(42)28-18-17-24(5)34-27-19-20-32(39(6,7)8)41-38(27)43-36(28)34;1-14(2)11-16-12-17(15-9-7-6-8-10-15)19-13-18(16)20(3,4)5;/h9-17,19-23H,1-8H3;6-9,12-14H,11H2,1-5H3;/q2*-1;. The Bertz CT molecular complexity index is 3110. The molecule has 0 aliphatic heterocycles. The van der Waals surface area contributed by atoms with Crippen LogP contribution in [0.2, 0.25) is 19.6 Å². The number of hydrogen-bond donors (Lipinski definition) is 0. The van der Waals surface area contributed by atoms with Crippen molar-refractivity contribution in [3.63, 3.8) is 0 Å². The molecular weight excluding hydrogens is 977 g/mol. The molecule has 0 amide bonds. The molecule has 5 aromatic carbocycles. The number of aryl methyl sites for hydroxylation is 1. The molecule has 5 nitrogen and oxygen atoms in total. The first-order valence-electron chi connectivity index (χ1n) is 22.7. The number of hydrogen-bond acceptors (Lipinski definition) is 4. The number of imidazole rings is 1. The topological polar surface area (TPSA) is 56.7 Å². The van der Waals surface area contributed by atoms with Gasteiger partial charge < -0.3 is 14.0 Å². The maximum atomic E-state index is 6.67. The zero-order valence-electron chi connectivity index (χ0n) is 39.9. The van der Waals surface area contributed by atoms with Gasteiger partial charge in [0.15, 0.2) is 0 Å². The summed E-state index contributed by atoms with van der Waals surface area (Å²) in [4.78, 5) is 15.0. The maximum Gasteiger partial charge on any atom is 0.216 e. The molecular formula is C57H62IrN4OSi-2. The van der Waals surface area contributed by atoms with E-state index in [2.05, 4.69) is 202 Å². The monoisotopic (exact) mass is 1040 g/mol. The second-order valence-electron chi connectivity index (χ2n) is 20.3. The number of rotatable bonds is 8. The van der Waals surface area contributed by atoms with Crippen LogP contribution in [0.5, 0.6) is 0 Å². The van der Waals surface area contributed by atoms with Gasteiger partial charge in [-0.05, 0) is 87.3 Å². The van der Waals surface area contributed by atoms with Crippen molar-refractivity contribution >= 4 is 57.1 Å². The quantitative estimate of drug-likeness (QED) is 0.112. The van der Waals surface area contributed by atoms with Crippen molar-refractivity contribution in [3.05, 3.63) is 149 Å². The fraction of sp³-hybridized carbons (Fsp3) is 0.316. The van der Waals surface area contributed by atoms with Crippen molar-refractivity contribution in [1.82, 2.24) is 19.5 Å². The molecule has 1 radical (unpaired) electrons. The van der Waals surface area contributed by atoms with E-state index in [9.17, 15) is 0 Å². The molecule has 0 aliphatic carbocycles. The fourth-order valence-electron chi connectivity index (χ4n) is 9.01. The number of para-hydroxylation sites is 2. The van der Waals surface area contributed by atoms with Crippen LogP contribution in [-0.4, -0.2) is 27.6 Å². The van der Waals surface area contributed by atoms with E-state index in [0.717, 1.165) is 67.7 Å². The number of nitrogens with zero attached hydrogens (tertiary/aromatic N) is 4.